The minimum Gasteiger partial charge on any atom is -0.486 e. The summed E-state index contributed by atoms with van der Waals surface area (Å²) in [5.74, 6) is -0.545. The van der Waals surface area contributed by atoms with Gasteiger partial charge in [0.25, 0.3) is 11.8 Å². The maximum absolute atomic E-state index is 12.4. The van der Waals surface area contributed by atoms with E-state index in [-0.39, 0.29) is 17.7 Å². The lowest BCUT2D eigenvalue weighted by Gasteiger charge is -2.11. The fourth-order valence-corrected chi connectivity index (χ4v) is 4.60. The first kappa shape index (κ1) is 24.6. The highest BCUT2D eigenvalue weighted by atomic mass is 35.5. The number of rotatable bonds is 5. The van der Waals surface area contributed by atoms with E-state index in [9.17, 15) is 9.59 Å². The standard InChI is InChI=1S/C24H14Cl4N2O3S/c25-16-5-1-13(2-6-16)12-33-21-18(27)9-14(10-19(21)28)11-20-23(32)30-24(34-20)29-22(31)15-3-7-17(26)8-4-15/h1-11H,12H2,(H,29,30,31,32)/b20-11-. The van der Waals surface area contributed by atoms with Gasteiger partial charge >= 0.3 is 0 Å². The van der Waals surface area contributed by atoms with Crippen molar-refractivity contribution in [2.24, 2.45) is 4.99 Å². The van der Waals surface area contributed by atoms with Crippen molar-refractivity contribution in [3.8, 4) is 5.75 Å². The number of carbonyl (C=O) groups is 2. The van der Waals surface area contributed by atoms with Crippen LogP contribution in [0.1, 0.15) is 21.5 Å². The Kier molecular flexibility index (Phi) is 7.86. The Hall–Kier alpha value is -2.48. The molecule has 0 saturated carbocycles. The van der Waals surface area contributed by atoms with Crippen LogP contribution in [0.4, 0.5) is 0 Å². The predicted octanol–water partition coefficient (Wildman–Crippen LogP) is 7.28. The van der Waals surface area contributed by atoms with Crippen LogP contribution in [-0.4, -0.2) is 17.0 Å². The SMILES string of the molecule is O=C1NC(=NC(=O)c2ccc(Cl)cc2)S/C1=C\c1cc(Cl)c(OCc2ccc(Cl)cc2)c(Cl)c1. The van der Waals surface area contributed by atoms with E-state index in [0.29, 0.717) is 41.9 Å². The largest absolute Gasteiger partial charge is 0.486 e. The van der Waals surface area contributed by atoms with Gasteiger partial charge in [0.2, 0.25) is 0 Å². The maximum atomic E-state index is 12.4. The zero-order chi connectivity index (χ0) is 24.2. The summed E-state index contributed by atoms with van der Waals surface area (Å²) in [4.78, 5) is 29.0. The highest BCUT2D eigenvalue weighted by molar-refractivity contribution is 8.18. The van der Waals surface area contributed by atoms with Crippen molar-refractivity contribution in [3.05, 3.63) is 102 Å². The summed E-state index contributed by atoms with van der Waals surface area (Å²) in [6, 6.07) is 16.8. The summed E-state index contributed by atoms with van der Waals surface area (Å²) in [6.07, 6.45) is 1.61. The van der Waals surface area contributed by atoms with Crippen LogP contribution < -0.4 is 10.1 Å². The molecule has 0 aliphatic carbocycles. The van der Waals surface area contributed by atoms with Gasteiger partial charge in [-0.2, -0.15) is 4.99 Å². The van der Waals surface area contributed by atoms with Crippen molar-refractivity contribution in [1.29, 1.82) is 0 Å². The lowest BCUT2D eigenvalue weighted by molar-refractivity contribution is -0.115. The number of thioether (sulfide) groups is 1. The summed E-state index contributed by atoms with van der Waals surface area (Å²) in [7, 11) is 0. The molecule has 0 radical (unpaired) electrons. The van der Waals surface area contributed by atoms with Crippen LogP contribution in [0.15, 0.2) is 70.6 Å². The average molecular weight is 552 g/mol. The Morgan fingerprint density at radius 3 is 2.15 bits per heavy atom. The van der Waals surface area contributed by atoms with Crippen molar-refractivity contribution in [1.82, 2.24) is 5.32 Å². The minimum absolute atomic E-state index is 0.177. The second-order valence-electron chi connectivity index (χ2n) is 7.02. The van der Waals surface area contributed by atoms with E-state index in [1.165, 1.54) is 0 Å². The monoisotopic (exact) mass is 550 g/mol. The molecule has 2 amide bonds. The number of nitrogens with one attached hydrogen (secondary N) is 1. The Labute approximate surface area is 219 Å². The molecule has 3 aromatic rings. The molecule has 0 bridgehead atoms. The fourth-order valence-electron chi connectivity index (χ4n) is 2.92. The molecule has 172 valence electrons. The van der Waals surface area contributed by atoms with Crippen molar-refractivity contribution < 1.29 is 14.3 Å². The maximum Gasteiger partial charge on any atom is 0.279 e. The number of carbonyl (C=O) groups excluding carboxylic acids is 2. The number of hydrogen-bond donors (Lipinski definition) is 1. The molecule has 1 aliphatic heterocycles. The van der Waals surface area contributed by atoms with Crippen molar-refractivity contribution in [2.75, 3.05) is 0 Å². The van der Waals surface area contributed by atoms with Gasteiger partial charge in [-0.15, -0.1) is 0 Å². The highest BCUT2D eigenvalue weighted by Gasteiger charge is 2.25. The molecule has 1 fully saturated rings. The number of amides is 2. The van der Waals surface area contributed by atoms with Crippen molar-refractivity contribution in [3.63, 3.8) is 0 Å². The Balaban J connectivity index is 1.47. The van der Waals surface area contributed by atoms with E-state index in [1.54, 1.807) is 54.6 Å². The summed E-state index contributed by atoms with van der Waals surface area (Å²) in [6.45, 7) is 0.261. The van der Waals surface area contributed by atoms with E-state index in [1.807, 2.05) is 12.1 Å². The van der Waals surface area contributed by atoms with Crippen molar-refractivity contribution >= 4 is 81.2 Å². The van der Waals surface area contributed by atoms with Gasteiger partial charge in [0.05, 0.1) is 15.0 Å². The molecular formula is C24H14Cl4N2O3S. The third-order valence-corrected chi connectivity index (χ3v) is 6.54. The number of benzene rings is 3. The Bertz CT molecular complexity index is 1300. The summed E-state index contributed by atoms with van der Waals surface area (Å²) in [5.41, 5.74) is 1.86. The summed E-state index contributed by atoms with van der Waals surface area (Å²) in [5, 5.41) is 4.49. The molecule has 4 rings (SSSR count). The molecule has 0 aromatic heterocycles. The third kappa shape index (κ3) is 6.14. The average Bonchev–Trinajstić information content (AvgIpc) is 3.13. The topological polar surface area (TPSA) is 67.8 Å². The van der Waals surface area contributed by atoms with Crippen LogP contribution >= 0.6 is 58.2 Å². The van der Waals surface area contributed by atoms with Gasteiger partial charge in [0.15, 0.2) is 10.9 Å². The first-order valence-corrected chi connectivity index (χ1v) is 12.1. The molecule has 1 saturated heterocycles. The quantitative estimate of drug-likeness (QED) is 0.338. The molecule has 34 heavy (non-hydrogen) atoms. The third-order valence-electron chi connectivity index (χ3n) is 4.56. The molecule has 3 aromatic carbocycles. The van der Waals surface area contributed by atoms with Crippen LogP contribution in [0.25, 0.3) is 6.08 Å². The second-order valence-corrected chi connectivity index (χ2v) is 9.74. The molecular weight excluding hydrogens is 538 g/mol. The van der Waals surface area contributed by atoms with E-state index < -0.39 is 5.91 Å². The van der Waals surface area contributed by atoms with E-state index in [0.717, 1.165) is 17.3 Å². The first-order valence-electron chi connectivity index (χ1n) is 9.74. The minimum atomic E-state index is -0.492. The lowest BCUT2D eigenvalue weighted by atomic mass is 10.2. The molecule has 5 nitrogen and oxygen atoms in total. The van der Waals surface area contributed by atoms with Crippen LogP contribution in [0.2, 0.25) is 20.1 Å². The normalized spacial score (nSPS) is 15.6. The molecule has 0 atom stereocenters. The lowest BCUT2D eigenvalue weighted by Crippen LogP contribution is -2.20. The molecule has 1 heterocycles. The van der Waals surface area contributed by atoms with Gasteiger partial charge in [-0.25, -0.2) is 0 Å². The second kappa shape index (κ2) is 10.8. The fraction of sp³-hybridized carbons (Fsp3) is 0.0417. The molecule has 1 N–H and O–H groups in total. The van der Waals surface area contributed by atoms with E-state index in [2.05, 4.69) is 10.3 Å². The molecule has 10 heteroatoms. The number of amidine groups is 1. The zero-order valence-electron chi connectivity index (χ0n) is 17.2. The molecule has 1 aliphatic rings. The van der Waals surface area contributed by atoms with Gasteiger partial charge in [0.1, 0.15) is 6.61 Å². The van der Waals surface area contributed by atoms with Gasteiger partial charge in [-0.1, -0.05) is 58.5 Å². The van der Waals surface area contributed by atoms with Crippen LogP contribution in [0.5, 0.6) is 5.75 Å². The number of aliphatic imine (C=N–C) groups is 1. The van der Waals surface area contributed by atoms with Gasteiger partial charge in [0, 0.05) is 15.6 Å². The highest BCUT2D eigenvalue weighted by Crippen LogP contribution is 2.36. The predicted molar refractivity (Wildman–Crippen MR) is 139 cm³/mol. The van der Waals surface area contributed by atoms with Crippen molar-refractivity contribution in [2.45, 2.75) is 6.61 Å². The smallest absolute Gasteiger partial charge is 0.279 e. The zero-order valence-corrected chi connectivity index (χ0v) is 21.0. The van der Waals surface area contributed by atoms with Gasteiger partial charge < -0.3 is 10.1 Å². The van der Waals surface area contributed by atoms with Crippen LogP contribution in [0.3, 0.4) is 0 Å². The number of ether oxygens (including phenoxy) is 1. The molecule has 0 unspecified atom stereocenters. The van der Waals surface area contributed by atoms with Crippen LogP contribution in [-0.2, 0) is 11.4 Å². The number of hydrogen-bond acceptors (Lipinski definition) is 4. The van der Waals surface area contributed by atoms with E-state index >= 15 is 0 Å². The first-order chi connectivity index (χ1) is 16.3. The van der Waals surface area contributed by atoms with Crippen LogP contribution in [0, 0.1) is 0 Å². The van der Waals surface area contributed by atoms with E-state index in [4.69, 9.17) is 51.1 Å². The van der Waals surface area contributed by atoms with Gasteiger partial charge in [-0.05, 0) is 77.5 Å². The number of nitrogens with zero attached hydrogens (tertiary/aromatic N) is 1. The summed E-state index contributed by atoms with van der Waals surface area (Å²) >= 11 is 25.5. The summed E-state index contributed by atoms with van der Waals surface area (Å²) < 4.78 is 5.77. The molecule has 0 spiro atoms. The number of halogens is 4. The Morgan fingerprint density at radius 2 is 1.53 bits per heavy atom. The Morgan fingerprint density at radius 1 is 0.941 bits per heavy atom. The van der Waals surface area contributed by atoms with Gasteiger partial charge in [-0.3, -0.25) is 9.59 Å².